The summed E-state index contributed by atoms with van der Waals surface area (Å²) in [4.78, 5) is 4.39. The topological polar surface area (TPSA) is 12.9 Å². The van der Waals surface area contributed by atoms with Gasteiger partial charge in [0.15, 0.2) is 0 Å². The van der Waals surface area contributed by atoms with E-state index in [0.29, 0.717) is 5.52 Å². The van der Waals surface area contributed by atoms with E-state index in [4.69, 9.17) is 0 Å². The summed E-state index contributed by atoms with van der Waals surface area (Å²) in [7, 11) is 0. The maximum absolute atomic E-state index is 13.5. The average molecular weight is 217 g/mol. The Labute approximate surface area is 95.3 Å². The molecule has 2 heteroatoms. The molecule has 0 bridgehead atoms. The fraction of sp³-hybridized carbons (Fsp3) is 0.357. The standard InChI is InChI=1S/C14H16FN/c1-14(2,3)9-11-8-7-10-5-4-6-12(15)13(10)16-11/h4-8H,9H2,1-3H3. The molecule has 0 radical (unpaired) electrons. The number of benzene rings is 1. The van der Waals surface area contributed by atoms with Gasteiger partial charge in [-0.15, -0.1) is 0 Å². The van der Waals surface area contributed by atoms with Gasteiger partial charge in [0.25, 0.3) is 0 Å². The second-order valence-electron chi connectivity index (χ2n) is 5.35. The number of para-hydroxylation sites is 1. The molecule has 0 fully saturated rings. The van der Waals surface area contributed by atoms with Crippen LogP contribution in [0.5, 0.6) is 0 Å². The molecule has 0 saturated carbocycles. The van der Waals surface area contributed by atoms with Crippen molar-refractivity contribution in [3.05, 3.63) is 41.8 Å². The molecule has 1 aromatic carbocycles. The van der Waals surface area contributed by atoms with Crippen molar-refractivity contribution in [2.45, 2.75) is 27.2 Å². The minimum absolute atomic E-state index is 0.173. The lowest BCUT2D eigenvalue weighted by atomic mass is 9.90. The van der Waals surface area contributed by atoms with E-state index in [-0.39, 0.29) is 11.2 Å². The number of pyridine rings is 1. The summed E-state index contributed by atoms with van der Waals surface area (Å²) >= 11 is 0. The van der Waals surface area contributed by atoms with Crippen LogP contribution in [0.2, 0.25) is 0 Å². The lowest BCUT2D eigenvalue weighted by Crippen LogP contribution is -2.10. The predicted octanol–water partition coefficient (Wildman–Crippen LogP) is 3.96. The fourth-order valence-corrected chi connectivity index (χ4v) is 1.79. The fourth-order valence-electron chi connectivity index (χ4n) is 1.79. The van der Waals surface area contributed by atoms with Gasteiger partial charge in [-0.3, -0.25) is 0 Å². The third-order valence-electron chi connectivity index (χ3n) is 2.44. The normalized spacial score (nSPS) is 12.0. The molecule has 1 heterocycles. The second kappa shape index (κ2) is 3.85. The third kappa shape index (κ3) is 2.38. The first-order chi connectivity index (χ1) is 7.46. The zero-order valence-electron chi connectivity index (χ0n) is 9.92. The van der Waals surface area contributed by atoms with Gasteiger partial charge in [0.2, 0.25) is 0 Å². The zero-order valence-corrected chi connectivity index (χ0v) is 9.92. The number of halogens is 1. The Kier molecular flexibility index (Phi) is 2.66. The van der Waals surface area contributed by atoms with E-state index >= 15 is 0 Å². The maximum atomic E-state index is 13.5. The lowest BCUT2D eigenvalue weighted by molar-refractivity contribution is 0.406. The highest BCUT2D eigenvalue weighted by Crippen LogP contribution is 2.22. The SMILES string of the molecule is CC(C)(C)Cc1ccc2cccc(F)c2n1. The van der Waals surface area contributed by atoms with E-state index < -0.39 is 0 Å². The number of hydrogen-bond acceptors (Lipinski definition) is 1. The van der Waals surface area contributed by atoms with Crippen molar-refractivity contribution in [3.63, 3.8) is 0 Å². The number of fused-ring (bicyclic) bond motifs is 1. The van der Waals surface area contributed by atoms with E-state index in [1.54, 1.807) is 6.07 Å². The quantitative estimate of drug-likeness (QED) is 0.704. The summed E-state index contributed by atoms with van der Waals surface area (Å²) in [5.74, 6) is -0.242. The molecule has 0 saturated heterocycles. The van der Waals surface area contributed by atoms with E-state index in [9.17, 15) is 4.39 Å². The van der Waals surface area contributed by atoms with E-state index in [1.807, 2.05) is 18.2 Å². The minimum atomic E-state index is -0.242. The van der Waals surface area contributed by atoms with Crippen LogP contribution in [0.25, 0.3) is 10.9 Å². The van der Waals surface area contributed by atoms with Gasteiger partial charge in [0, 0.05) is 11.1 Å². The predicted molar refractivity (Wildman–Crippen MR) is 64.9 cm³/mol. The molecule has 1 nitrogen and oxygen atoms in total. The van der Waals surface area contributed by atoms with Crippen LogP contribution in [0.15, 0.2) is 30.3 Å². The van der Waals surface area contributed by atoms with Crippen molar-refractivity contribution in [2.24, 2.45) is 5.41 Å². The molecule has 16 heavy (non-hydrogen) atoms. The monoisotopic (exact) mass is 217 g/mol. The summed E-state index contributed by atoms with van der Waals surface area (Å²) < 4.78 is 13.5. The highest BCUT2D eigenvalue weighted by Gasteiger charge is 2.13. The van der Waals surface area contributed by atoms with Gasteiger partial charge < -0.3 is 0 Å². The molecule has 0 aliphatic heterocycles. The Balaban J connectivity index is 2.47. The summed E-state index contributed by atoms with van der Waals surface area (Å²) in [6.07, 6.45) is 0.858. The van der Waals surface area contributed by atoms with Crippen LogP contribution in [0.3, 0.4) is 0 Å². The number of aromatic nitrogens is 1. The molecule has 0 aliphatic rings. The van der Waals surface area contributed by atoms with Crippen LogP contribution < -0.4 is 0 Å². The van der Waals surface area contributed by atoms with Crippen LogP contribution in [0, 0.1) is 11.2 Å². The summed E-state index contributed by atoms with van der Waals surface area (Å²) in [6, 6.07) is 8.96. The molecule has 0 unspecified atom stereocenters. The van der Waals surface area contributed by atoms with Gasteiger partial charge in [-0.2, -0.15) is 0 Å². The summed E-state index contributed by atoms with van der Waals surface area (Å²) in [6.45, 7) is 6.46. The molecule has 1 aromatic heterocycles. The van der Waals surface area contributed by atoms with E-state index in [2.05, 4.69) is 25.8 Å². The maximum Gasteiger partial charge on any atom is 0.149 e. The van der Waals surface area contributed by atoms with E-state index in [0.717, 1.165) is 17.5 Å². The Morgan fingerprint density at radius 2 is 1.88 bits per heavy atom. The number of rotatable bonds is 1. The van der Waals surface area contributed by atoms with Gasteiger partial charge >= 0.3 is 0 Å². The van der Waals surface area contributed by atoms with Gasteiger partial charge in [-0.05, 0) is 24.0 Å². The van der Waals surface area contributed by atoms with Crippen molar-refractivity contribution in [1.82, 2.24) is 4.98 Å². The molecular formula is C14H16FN. The van der Waals surface area contributed by atoms with Crippen molar-refractivity contribution < 1.29 is 4.39 Å². The van der Waals surface area contributed by atoms with Crippen LogP contribution >= 0.6 is 0 Å². The molecular weight excluding hydrogens is 201 g/mol. The molecule has 2 rings (SSSR count). The molecule has 0 spiro atoms. The van der Waals surface area contributed by atoms with Crippen molar-refractivity contribution in [3.8, 4) is 0 Å². The Bertz CT molecular complexity index is 512. The molecule has 0 N–H and O–H groups in total. The molecule has 0 atom stereocenters. The first-order valence-electron chi connectivity index (χ1n) is 5.50. The Morgan fingerprint density at radius 1 is 1.12 bits per heavy atom. The zero-order chi connectivity index (χ0) is 11.8. The molecule has 84 valence electrons. The van der Waals surface area contributed by atoms with Crippen molar-refractivity contribution in [1.29, 1.82) is 0 Å². The first-order valence-corrected chi connectivity index (χ1v) is 5.50. The molecule has 0 aliphatic carbocycles. The Hall–Kier alpha value is -1.44. The van der Waals surface area contributed by atoms with Crippen molar-refractivity contribution >= 4 is 10.9 Å². The van der Waals surface area contributed by atoms with Gasteiger partial charge in [0.1, 0.15) is 11.3 Å². The van der Waals surface area contributed by atoms with Gasteiger partial charge in [0.05, 0.1) is 0 Å². The summed E-state index contributed by atoms with van der Waals surface area (Å²) in [5, 5.41) is 0.859. The highest BCUT2D eigenvalue weighted by atomic mass is 19.1. The first kappa shape index (κ1) is 11.1. The molecule has 0 amide bonds. The third-order valence-corrected chi connectivity index (χ3v) is 2.44. The highest BCUT2D eigenvalue weighted by molar-refractivity contribution is 5.79. The largest absolute Gasteiger partial charge is 0.250 e. The average Bonchev–Trinajstić information content (AvgIpc) is 2.17. The smallest absolute Gasteiger partial charge is 0.149 e. The van der Waals surface area contributed by atoms with Crippen LogP contribution in [-0.2, 0) is 6.42 Å². The second-order valence-corrected chi connectivity index (χ2v) is 5.35. The summed E-state index contributed by atoms with van der Waals surface area (Å²) in [5.41, 5.74) is 1.60. The van der Waals surface area contributed by atoms with E-state index in [1.165, 1.54) is 6.07 Å². The number of nitrogens with zero attached hydrogens (tertiary/aromatic N) is 1. The van der Waals surface area contributed by atoms with Crippen LogP contribution in [0.4, 0.5) is 4.39 Å². The van der Waals surface area contributed by atoms with Gasteiger partial charge in [-0.1, -0.05) is 39.0 Å². The minimum Gasteiger partial charge on any atom is -0.250 e. The molecule has 2 aromatic rings. The van der Waals surface area contributed by atoms with Gasteiger partial charge in [-0.25, -0.2) is 9.37 Å². The Morgan fingerprint density at radius 3 is 2.56 bits per heavy atom. The van der Waals surface area contributed by atoms with Crippen molar-refractivity contribution in [2.75, 3.05) is 0 Å². The van der Waals surface area contributed by atoms with Crippen LogP contribution in [-0.4, -0.2) is 4.98 Å². The lowest BCUT2D eigenvalue weighted by Gasteiger charge is -2.17. The number of hydrogen-bond donors (Lipinski definition) is 0. The van der Waals surface area contributed by atoms with Crippen LogP contribution in [0.1, 0.15) is 26.5 Å².